The largest absolute Gasteiger partial charge is 0.871 e. The topological polar surface area (TPSA) is 117 Å². The van der Waals surface area contributed by atoms with E-state index in [1.54, 1.807) is 31.2 Å². The van der Waals surface area contributed by atoms with Crippen LogP contribution in [0.3, 0.4) is 0 Å². The lowest BCUT2D eigenvalue weighted by molar-refractivity contribution is -0.383. The Kier molecular flexibility index (Phi) is 5.39. The van der Waals surface area contributed by atoms with Gasteiger partial charge in [0, 0.05) is 18.7 Å². The lowest BCUT2D eigenvalue weighted by Crippen LogP contribution is -2.29. The van der Waals surface area contributed by atoms with Gasteiger partial charge >= 0.3 is 0 Å². The predicted octanol–water partition coefficient (Wildman–Crippen LogP) is 2.84. The smallest absolute Gasteiger partial charge is 0.279 e. The van der Waals surface area contributed by atoms with E-state index in [2.05, 4.69) is 10.3 Å². The van der Waals surface area contributed by atoms with Crippen LogP contribution in [0.2, 0.25) is 0 Å². The highest BCUT2D eigenvalue weighted by molar-refractivity contribution is 5.93. The Morgan fingerprint density at radius 2 is 2.00 bits per heavy atom. The number of nitrogens with one attached hydrogen (secondary N) is 1. The van der Waals surface area contributed by atoms with Crippen molar-refractivity contribution in [2.45, 2.75) is 19.4 Å². The number of carbonyl (C=O) groups is 1. The highest BCUT2D eigenvalue weighted by Crippen LogP contribution is 2.38. The van der Waals surface area contributed by atoms with Gasteiger partial charge in [-0.15, -0.1) is 0 Å². The second-order valence-corrected chi connectivity index (χ2v) is 6.10. The van der Waals surface area contributed by atoms with Crippen molar-refractivity contribution in [2.75, 3.05) is 7.11 Å². The minimum absolute atomic E-state index is 0.00374. The molecule has 0 saturated carbocycles. The Labute approximate surface area is 160 Å². The molecule has 0 aliphatic carbocycles. The van der Waals surface area contributed by atoms with Crippen molar-refractivity contribution in [2.24, 2.45) is 0 Å². The summed E-state index contributed by atoms with van der Waals surface area (Å²) in [6, 6.07) is 10.2. The molecule has 1 atom stereocenters. The number of fused-ring (bicyclic) bond motifs is 1. The molecule has 0 fully saturated rings. The normalized spacial score (nSPS) is 11.8. The van der Waals surface area contributed by atoms with E-state index in [-0.39, 0.29) is 34.5 Å². The summed E-state index contributed by atoms with van der Waals surface area (Å²) < 4.78 is 5.14. The van der Waals surface area contributed by atoms with Crippen molar-refractivity contribution >= 4 is 22.5 Å². The maximum atomic E-state index is 13.0. The first-order valence-corrected chi connectivity index (χ1v) is 8.62. The molecule has 1 amide bonds. The van der Waals surface area contributed by atoms with Crippen molar-refractivity contribution in [3.05, 3.63) is 69.9 Å². The molecule has 8 nitrogen and oxygen atoms in total. The number of hydrogen-bond donors (Lipinski definition) is 1. The fraction of sp³-hybridized carbons (Fsp3) is 0.200. The number of benzene rings is 2. The number of hydrogen-bond acceptors (Lipinski definition) is 6. The van der Waals surface area contributed by atoms with Crippen LogP contribution in [0.4, 0.5) is 5.69 Å². The summed E-state index contributed by atoms with van der Waals surface area (Å²) in [6.45, 7) is 1.68. The zero-order valence-corrected chi connectivity index (χ0v) is 15.3. The summed E-state index contributed by atoms with van der Waals surface area (Å²) in [5.74, 6) is -0.139. The fourth-order valence-corrected chi connectivity index (χ4v) is 2.99. The SMILES string of the molecule is CCC(=O)N[C@H](c1ccc(OC)cc1)c1cc([N+](=O)[O-])c2cccnc2c1[O-]. The highest BCUT2D eigenvalue weighted by atomic mass is 16.6. The quantitative estimate of drug-likeness (QED) is 0.519. The average molecular weight is 380 g/mol. The minimum atomic E-state index is -0.851. The molecule has 8 heteroatoms. The van der Waals surface area contributed by atoms with Crippen LogP contribution in [0, 0.1) is 10.1 Å². The number of methoxy groups -OCH3 is 1. The Morgan fingerprint density at radius 1 is 1.29 bits per heavy atom. The first-order valence-electron chi connectivity index (χ1n) is 8.62. The first kappa shape index (κ1) is 19.1. The Bertz CT molecular complexity index is 1030. The van der Waals surface area contributed by atoms with Crippen LogP contribution in [-0.4, -0.2) is 22.9 Å². The number of nitro groups is 1. The van der Waals surface area contributed by atoms with Gasteiger partial charge in [0.1, 0.15) is 5.75 Å². The van der Waals surface area contributed by atoms with Crippen LogP contribution in [0.25, 0.3) is 10.9 Å². The van der Waals surface area contributed by atoms with Crippen molar-refractivity contribution in [1.29, 1.82) is 0 Å². The lowest BCUT2D eigenvalue weighted by Gasteiger charge is -2.25. The molecule has 2 aromatic carbocycles. The molecule has 1 heterocycles. The first-order chi connectivity index (χ1) is 13.5. The maximum absolute atomic E-state index is 13.0. The van der Waals surface area contributed by atoms with Gasteiger partial charge in [0.2, 0.25) is 5.91 Å². The molecular formula is C20H18N3O5-. The van der Waals surface area contributed by atoms with Crippen molar-refractivity contribution < 1.29 is 19.6 Å². The van der Waals surface area contributed by atoms with E-state index in [1.165, 1.54) is 31.5 Å². The van der Waals surface area contributed by atoms with Gasteiger partial charge in [-0.05, 0) is 35.4 Å². The number of ether oxygens (including phenoxy) is 1. The number of pyridine rings is 1. The van der Waals surface area contributed by atoms with E-state index >= 15 is 0 Å². The van der Waals surface area contributed by atoms with E-state index in [1.807, 2.05) is 0 Å². The molecule has 0 unspecified atom stereocenters. The summed E-state index contributed by atoms with van der Waals surface area (Å²) in [6.07, 6.45) is 1.61. The Hall–Kier alpha value is -3.68. The number of carbonyl (C=O) groups excluding carboxylic acids is 1. The van der Waals surface area contributed by atoms with Crippen LogP contribution in [0.5, 0.6) is 11.5 Å². The van der Waals surface area contributed by atoms with Crippen molar-refractivity contribution in [1.82, 2.24) is 10.3 Å². The second kappa shape index (κ2) is 7.91. The molecule has 0 aliphatic heterocycles. The Morgan fingerprint density at radius 3 is 2.61 bits per heavy atom. The predicted molar refractivity (Wildman–Crippen MR) is 101 cm³/mol. The number of nitrogens with zero attached hydrogens (tertiary/aromatic N) is 2. The summed E-state index contributed by atoms with van der Waals surface area (Å²) in [4.78, 5) is 27.2. The average Bonchev–Trinajstić information content (AvgIpc) is 2.72. The third-order valence-electron chi connectivity index (χ3n) is 4.44. The number of nitro benzene ring substituents is 1. The summed E-state index contributed by atoms with van der Waals surface area (Å²) in [5.41, 5.74) is 0.451. The monoisotopic (exact) mass is 380 g/mol. The summed E-state index contributed by atoms with van der Waals surface area (Å²) >= 11 is 0. The minimum Gasteiger partial charge on any atom is -0.871 e. The molecule has 3 rings (SSSR count). The molecule has 0 bridgehead atoms. The zero-order valence-electron chi connectivity index (χ0n) is 15.3. The van der Waals surface area contributed by atoms with Crippen LogP contribution in [0.15, 0.2) is 48.7 Å². The second-order valence-electron chi connectivity index (χ2n) is 6.10. The van der Waals surface area contributed by atoms with Gasteiger partial charge in [-0.1, -0.05) is 24.8 Å². The molecule has 1 N–H and O–H groups in total. The molecule has 0 radical (unpaired) electrons. The van der Waals surface area contributed by atoms with Crippen molar-refractivity contribution in [3.63, 3.8) is 0 Å². The summed E-state index contributed by atoms with van der Waals surface area (Å²) in [5, 5.41) is 27.6. The number of aromatic nitrogens is 1. The van der Waals surface area contributed by atoms with Gasteiger partial charge in [-0.25, -0.2) is 0 Å². The summed E-state index contributed by atoms with van der Waals surface area (Å²) in [7, 11) is 1.53. The zero-order chi connectivity index (χ0) is 20.3. The number of rotatable bonds is 6. The molecule has 28 heavy (non-hydrogen) atoms. The van der Waals surface area contributed by atoms with Gasteiger partial charge in [0.15, 0.2) is 0 Å². The fourth-order valence-electron chi connectivity index (χ4n) is 2.99. The van der Waals surface area contributed by atoms with Gasteiger partial charge in [0.25, 0.3) is 5.69 Å². The van der Waals surface area contributed by atoms with Gasteiger partial charge < -0.3 is 15.2 Å². The van der Waals surface area contributed by atoms with Gasteiger partial charge in [-0.3, -0.25) is 19.9 Å². The van der Waals surface area contributed by atoms with Gasteiger partial charge in [0.05, 0.1) is 29.0 Å². The van der Waals surface area contributed by atoms with E-state index in [0.717, 1.165) is 0 Å². The molecule has 0 spiro atoms. The molecule has 144 valence electrons. The Balaban J connectivity index is 2.23. The van der Waals surface area contributed by atoms with Gasteiger partial charge in [-0.2, -0.15) is 0 Å². The van der Waals surface area contributed by atoms with E-state index < -0.39 is 16.7 Å². The number of non-ortho nitro benzene ring substituents is 1. The maximum Gasteiger partial charge on any atom is 0.279 e. The molecular weight excluding hydrogens is 362 g/mol. The highest BCUT2D eigenvalue weighted by Gasteiger charge is 2.23. The van der Waals surface area contributed by atoms with E-state index in [9.17, 15) is 20.0 Å². The van der Waals surface area contributed by atoms with Crippen LogP contribution < -0.4 is 15.2 Å². The lowest BCUT2D eigenvalue weighted by atomic mass is 9.95. The molecule has 0 saturated heterocycles. The third-order valence-corrected chi connectivity index (χ3v) is 4.44. The van der Waals surface area contributed by atoms with Crippen LogP contribution in [-0.2, 0) is 4.79 Å². The molecule has 1 aromatic heterocycles. The van der Waals surface area contributed by atoms with E-state index in [0.29, 0.717) is 11.3 Å². The van der Waals surface area contributed by atoms with Crippen molar-refractivity contribution in [3.8, 4) is 11.5 Å². The standard InChI is InChI=1S/C20H19N3O5/c1-3-17(24)22-18(12-6-8-13(28-2)9-7-12)15-11-16(23(26)27)14-5-4-10-21-19(14)20(15)25/h4-11,18,25H,3H2,1-2H3,(H,22,24)/p-1/t18-/m1/s1. The third kappa shape index (κ3) is 3.57. The van der Waals surface area contributed by atoms with Crippen LogP contribution >= 0.6 is 0 Å². The number of amides is 1. The van der Waals surface area contributed by atoms with Crippen LogP contribution in [0.1, 0.15) is 30.5 Å². The molecule has 3 aromatic rings. The molecule has 0 aliphatic rings. The van der Waals surface area contributed by atoms with E-state index in [4.69, 9.17) is 4.74 Å².